The maximum Gasteiger partial charge on any atom is 0.418 e. The third-order valence-electron chi connectivity index (χ3n) is 4.57. The van der Waals surface area contributed by atoms with E-state index in [0.717, 1.165) is 36.4 Å². The van der Waals surface area contributed by atoms with Gasteiger partial charge in [-0.2, -0.15) is 26.3 Å². The fourth-order valence-electron chi connectivity index (χ4n) is 3.26. The van der Waals surface area contributed by atoms with Crippen LogP contribution in [0.2, 0.25) is 0 Å². The van der Waals surface area contributed by atoms with Gasteiger partial charge in [0, 0.05) is 5.70 Å². The Morgan fingerprint density at radius 1 is 0.903 bits per heavy atom. The topological polar surface area (TPSA) is 70.2 Å². The first-order valence-corrected chi connectivity index (χ1v) is 8.81. The van der Waals surface area contributed by atoms with E-state index < -0.39 is 52.7 Å². The van der Waals surface area contributed by atoms with Crippen LogP contribution in [-0.2, 0) is 17.1 Å². The third-order valence-corrected chi connectivity index (χ3v) is 4.57. The third kappa shape index (κ3) is 4.65. The standard InChI is InChI=1S/C20H15F6N3O2/c1-10-15(17(30)28-14-9-5-4-8-13(14)20(24,25)26)16(29-18(31)27-10)11-6-2-3-7-12(11)19(21,22)23/h2-9,16H,1H3,(H,28,30)(H2,27,29,31)/t16-/m1/s1. The molecule has 0 saturated carbocycles. The van der Waals surface area contributed by atoms with Gasteiger partial charge >= 0.3 is 18.4 Å². The van der Waals surface area contributed by atoms with Gasteiger partial charge in [0.1, 0.15) is 0 Å². The van der Waals surface area contributed by atoms with E-state index in [9.17, 15) is 35.9 Å². The van der Waals surface area contributed by atoms with Crippen molar-refractivity contribution < 1.29 is 35.9 Å². The molecule has 31 heavy (non-hydrogen) atoms. The molecule has 3 N–H and O–H groups in total. The minimum atomic E-state index is -4.79. The maximum atomic E-state index is 13.5. The molecule has 0 radical (unpaired) electrons. The Morgan fingerprint density at radius 2 is 1.45 bits per heavy atom. The number of allylic oxidation sites excluding steroid dienone is 1. The molecule has 164 valence electrons. The summed E-state index contributed by atoms with van der Waals surface area (Å²) in [5.41, 5.74) is -3.64. The molecule has 2 aromatic carbocycles. The summed E-state index contributed by atoms with van der Waals surface area (Å²) in [7, 11) is 0. The number of benzene rings is 2. The minimum absolute atomic E-state index is 0.0901. The van der Waals surface area contributed by atoms with Gasteiger partial charge in [-0.3, -0.25) is 4.79 Å². The van der Waals surface area contributed by atoms with Gasteiger partial charge in [0.2, 0.25) is 0 Å². The Morgan fingerprint density at radius 3 is 2.06 bits per heavy atom. The van der Waals surface area contributed by atoms with Gasteiger partial charge in [-0.25, -0.2) is 4.79 Å². The van der Waals surface area contributed by atoms with E-state index in [2.05, 4.69) is 16.0 Å². The van der Waals surface area contributed by atoms with Gasteiger partial charge in [-0.1, -0.05) is 30.3 Å². The summed E-state index contributed by atoms with van der Waals surface area (Å²) in [4.78, 5) is 24.8. The van der Waals surface area contributed by atoms with Crippen LogP contribution in [-0.4, -0.2) is 11.9 Å². The highest BCUT2D eigenvalue weighted by Gasteiger charge is 2.40. The zero-order valence-electron chi connectivity index (χ0n) is 15.8. The van der Waals surface area contributed by atoms with Crippen molar-refractivity contribution in [3.05, 3.63) is 76.5 Å². The Balaban J connectivity index is 2.06. The predicted molar refractivity (Wildman–Crippen MR) is 98.6 cm³/mol. The molecule has 0 spiro atoms. The predicted octanol–water partition coefficient (Wildman–Crippen LogP) is 4.99. The van der Waals surface area contributed by atoms with E-state index in [-0.39, 0.29) is 11.3 Å². The van der Waals surface area contributed by atoms with Crippen molar-refractivity contribution in [1.82, 2.24) is 10.6 Å². The highest BCUT2D eigenvalue weighted by molar-refractivity contribution is 6.07. The van der Waals surface area contributed by atoms with Crippen LogP contribution >= 0.6 is 0 Å². The number of amides is 3. The molecular formula is C20H15F6N3O2. The number of para-hydroxylation sites is 1. The van der Waals surface area contributed by atoms with Crippen LogP contribution in [0.4, 0.5) is 36.8 Å². The van der Waals surface area contributed by atoms with E-state index >= 15 is 0 Å². The molecule has 1 atom stereocenters. The fourth-order valence-corrected chi connectivity index (χ4v) is 3.26. The molecule has 11 heteroatoms. The SMILES string of the molecule is CC1=C(C(=O)Nc2ccccc2C(F)(F)F)[C@@H](c2ccccc2C(F)(F)F)NC(=O)N1. The molecule has 5 nitrogen and oxygen atoms in total. The van der Waals surface area contributed by atoms with Gasteiger partial charge in [0.15, 0.2) is 0 Å². The second-order valence-corrected chi connectivity index (χ2v) is 6.65. The number of nitrogens with one attached hydrogen (secondary N) is 3. The lowest BCUT2D eigenvalue weighted by atomic mass is 9.91. The number of hydrogen-bond acceptors (Lipinski definition) is 2. The minimum Gasteiger partial charge on any atom is -0.327 e. The number of rotatable bonds is 3. The highest BCUT2D eigenvalue weighted by atomic mass is 19.4. The molecule has 0 aromatic heterocycles. The lowest BCUT2D eigenvalue weighted by molar-refractivity contribution is -0.139. The second-order valence-electron chi connectivity index (χ2n) is 6.65. The van der Waals surface area contributed by atoms with Crippen molar-refractivity contribution in [2.45, 2.75) is 25.3 Å². The Kier molecular flexibility index (Phi) is 5.70. The van der Waals surface area contributed by atoms with E-state index in [4.69, 9.17) is 0 Å². The molecule has 0 saturated heterocycles. The van der Waals surface area contributed by atoms with Crippen molar-refractivity contribution in [3.8, 4) is 0 Å². The molecule has 1 aliphatic rings. The summed E-state index contributed by atoms with van der Waals surface area (Å²) in [5.74, 6) is -1.09. The van der Waals surface area contributed by atoms with E-state index in [0.29, 0.717) is 0 Å². The average molecular weight is 443 g/mol. The number of urea groups is 1. The first kappa shape index (κ1) is 22.2. The normalized spacial score (nSPS) is 17.1. The summed E-state index contributed by atoms with van der Waals surface area (Å²) < 4.78 is 80.2. The molecule has 1 aliphatic heterocycles. The Labute approximate surface area is 172 Å². The summed E-state index contributed by atoms with van der Waals surface area (Å²) >= 11 is 0. The van der Waals surface area contributed by atoms with Crippen LogP contribution in [0.25, 0.3) is 0 Å². The van der Waals surface area contributed by atoms with Crippen molar-refractivity contribution in [3.63, 3.8) is 0 Å². The Hall–Kier alpha value is -3.50. The molecule has 0 bridgehead atoms. The summed E-state index contributed by atoms with van der Waals surface area (Å²) in [6.07, 6.45) is -9.56. The zero-order chi connectivity index (χ0) is 23.0. The summed E-state index contributed by atoms with van der Waals surface area (Å²) in [5, 5.41) is 6.61. The molecule has 3 amide bonds. The lowest BCUT2D eigenvalue weighted by Gasteiger charge is -2.30. The van der Waals surface area contributed by atoms with Gasteiger partial charge in [0.25, 0.3) is 5.91 Å². The van der Waals surface area contributed by atoms with E-state index in [1.54, 1.807) is 0 Å². The molecule has 2 aromatic rings. The van der Waals surface area contributed by atoms with E-state index in [1.807, 2.05) is 0 Å². The van der Waals surface area contributed by atoms with Crippen LogP contribution in [0.3, 0.4) is 0 Å². The van der Waals surface area contributed by atoms with Crippen LogP contribution < -0.4 is 16.0 Å². The number of anilines is 1. The van der Waals surface area contributed by atoms with Gasteiger partial charge in [-0.15, -0.1) is 0 Å². The average Bonchev–Trinajstić information content (AvgIpc) is 2.66. The molecule has 3 rings (SSSR count). The van der Waals surface area contributed by atoms with Crippen molar-refractivity contribution in [2.24, 2.45) is 0 Å². The molecule has 1 heterocycles. The quantitative estimate of drug-likeness (QED) is 0.585. The van der Waals surface area contributed by atoms with E-state index in [1.165, 1.54) is 19.1 Å². The first-order valence-electron chi connectivity index (χ1n) is 8.81. The molecule has 0 aliphatic carbocycles. The summed E-state index contributed by atoms with van der Waals surface area (Å²) in [6.45, 7) is 1.27. The second kappa shape index (κ2) is 7.97. The van der Waals surface area contributed by atoms with Crippen LogP contribution in [0.1, 0.15) is 29.7 Å². The monoisotopic (exact) mass is 443 g/mol. The van der Waals surface area contributed by atoms with Crippen LogP contribution in [0.5, 0.6) is 0 Å². The first-order chi connectivity index (χ1) is 14.4. The number of halogens is 6. The van der Waals surface area contributed by atoms with Gasteiger partial charge in [0.05, 0.1) is 28.4 Å². The van der Waals surface area contributed by atoms with Crippen molar-refractivity contribution in [2.75, 3.05) is 5.32 Å². The number of carbonyl (C=O) groups is 2. The van der Waals surface area contributed by atoms with Gasteiger partial charge in [-0.05, 0) is 30.7 Å². The largest absolute Gasteiger partial charge is 0.418 e. The number of hydrogen-bond donors (Lipinski definition) is 3. The molecule has 0 unspecified atom stereocenters. The number of carbonyl (C=O) groups excluding carboxylic acids is 2. The van der Waals surface area contributed by atoms with Crippen LogP contribution in [0.15, 0.2) is 59.8 Å². The molecular weight excluding hydrogens is 428 g/mol. The number of alkyl halides is 6. The Bertz CT molecular complexity index is 1060. The molecule has 0 fully saturated rings. The van der Waals surface area contributed by atoms with Gasteiger partial charge < -0.3 is 16.0 Å². The maximum absolute atomic E-state index is 13.5. The zero-order valence-corrected chi connectivity index (χ0v) is 15.8. The fraction of sp³-hybridized carbons (Fsp3) is 0.200. The van der Waals surface area contributed by atoms with Crippen molar-refractivity contribution >= 4 is 17.6 Å². The highest BCUT2D eigenvalue weighted by Crippen LogP contribution is 2.39. The van der Waals surface area contributed by atoms with Crippen molar-refractivity contribution in [1.29, 1.82) is 0 Å². The smallest absolute Gasteiger partial charge is 0.327 e. The summed E-state index contributed by atoms with van der Waals surface area (Å²) in [6, 6.07) is 6.09. The van der Waals surface area contributed by atoms with Crippen LogP contribution in [0, 0.1) is 0 Å². The lowest BCUT2D eigenvalue weighted by Crippen LogP contribution is -2.46.